The second kappa shape index (κ2) is 16.7. The highest BCUT2D eigenvalue weighted by Crippen LogP contribution is 2.60. The molecule has 0 amide bonds. The summed E-state index contributed by atoms with van der Waals surface area (Å²) in [5.41, 5.74) is 24.4. The molecule has 15 aromatic rings. The van der Waals surface area contributed by atoms with Crippen molar-refractivity contribution in [1.82, 2.24) is 19.1 Å². The molecule has 3 heterocycles. The van der Waals surface area contributed by atoms with E-state index in [-0.39, 0.29) is 11.8 Å². The average molecular weight is 991 g/mol. The van der Waals surface area contributed by atoms with Crippen molar-refractivity contribution in [2.45, 2.75) is 11.8 Å². The quantitative estimate of drug-likeness (QED) is 0.156. The topological polar surface area (TPSA) is 35.6 Å². The molecule has 3 aromatic heterocycles. The van der Waals surface area contributed by atoms with E-state index in [4.69, 9.17) is 9.97 Å². The van der Waals surface area contributed by atoms with Gasteiger partial charge in [0.2, 0.25) is 5.95 Å². The van der Waals surface area contributed by atoms with Crippen molar-refractivity contribution in [3.05, 3.63) is 300 Å². The molecule has 4 nitrogen and oxygen atoms in total. The van der Waals surface area contributed by atoms with Gasteiger partial charge < -0.3 is 4.57 Å². The third-order valence-electron chi connectivity index (χ3n) is 17.1. The van der Waals surface area contributed by atoms with Crippen molar-refractivity contribution in [2.75, 3.05) is 0 Å². The van der Waals surface area contributed by atoms with Crippen LogP contribution in [0.4, 0.5) is 0 Å². The molecule has 0 saturated carbocycles. The van der Waals surface area contributed by atoms with Gasteiger partial charge in [-0.15, -0.1) is 0 Å². The lowest BCUT2D eigenvalue weighted by atomic mass is 9.58. The number of benzene rings is 12. The second-order valence-electron chi connectivity index (χ2n) is 21.1. The van der Waals surface area contributed by atoms with E-state index in [9.17, 15) is 0 Å². The van der Waals surface area contributed by atoms with E-state index in [1.165, 1.54) is 99.3 Å². The molecule has 3 aliphatic carbocycles. The van der Waals surface area contributed by atoms with Gasteiger partial charge in [-0.2, -0.15) is 0 Å². The molecule has 3 aliphatic rings. The lowest BCUT2D eigenvalue weighted by Gasteiger charge is -2.44. The van der Waals surface area contributed by atoms with Crippen LogP contribution in [-0.2, 0) is 0 Å². The third-order valence-corrected chi connectivity index (χ3v) is 17.1. The maximum Gasteiger partial charge on any atom is 0.235 e. The largest absolute Gasteiger partial charge is 0.309 e. The Morgan fingerprint density at radius 1 is 0.282 bits per heavy atom. The first-order valence-electron chi connectivity index (χ1n) is 27.0. The first-order valence-corrected chi connectivity index (χ1v) is 27.0. The molecule has 2 bridgehead atoms. The zero-order valence-corrected chi connectivity index (χ0v) is 42.3. The van der Waals surface area contributed by atoms with E-state index in [0.29, 0.717) is 5.95 Å². The Morgan fingerprint density at radius 3 is 1.38 bits per heavy atom. The van der Waals surface area contributed by atoms with Crippen LogP contribution in [0.2, 0.25) is 0 Å². The molecule has 0 saturated heterocycles. The van der Waals surface area contributed by atoms with Crippen LogP contribution >= 0.6 is 0 Å². The summed E-state index contributed by atoms with van der Waals surface area (Å²) in [5.74, 6) is 0.782. The number of hydrogen-bond acceptors (Lipinski definition) is 2. The van der Waals surface area contributed by atoms with Gasteiger partial charge in [0.1, 0.15) is 0 Å². The van der Waals surface area contributed by atoms with Gasteiger partial charge in [-0.1, -0.05) is 212 Å². The van der Waals surface area contributed by atoms with E-state index in [1.54, 1.807) is 0 Å². The summed E-state index contributed by atoms with van der Waals surface area (Å²) >= 11 is 0. The lowest BCUT2D eigenvalue weighted by Crippen LogP contribution is -2.28. The van der Waals surface area contributed by atoms with E-state index in [2.05, 4.69) is 276 Å². The standard InChI is InChI=1S/C74H46N4/c1-3-18-45(19-4-1)48-23-17-24-51(42-48)77-64-32-15-13-26-55(64)62-43-49(35-40-66(62)77)52-38-39-53(71-69-59-30-11-9-28-57(59)68(70(52)71)58-29-10-12-31-60(58)69)50-36-41-67-63(44-50)56-27-14-16-33-65(56)78(67)74-75-72(47-21-5-2-6-22-47)61-37-34-46-20-7-8-25-54(46)73(61)76-74/h1-44,68-69H. The molecule has 362 valence electrons. The van der Waals surface area contributed by atoms with E-state index in [1.807, 2.05) is 0 Å². The maximum absolute atomic E-state index is 5.50. The predicted octanol–water partition coefficient (Wildman–Crippen LogP) is 18.6. The highest BCUT2D eigenvalue weighted by Gasteiger charge is 2.44. The Balaban J connectivity index is 0.881. The van der Waals surface area contributed by atoms with Gasteiger partial charge in [0.25, 0.3) is 0 Å². The third kappa shape index (κ3) is 6.23. The van der Waals surface area contributed by atoms with Gasteiger partial charge in [0.05, 0.1) is 33.3 Å². The molecule has 18 rings (SSSR count). The Morgan fingerprint density at radius 2 is 0.769 bits per heavy atom. The van der Waals surface area contributed by atoms with Gasteiger partial charge in [0, 0.05) is 55.4 Å². The molecular weight excluding hydrogens is 945 g/mol. The monoisotopic (exact) mass is 990 g/mol. The summed E-state index contributed by atoms with van der Waals surface area (Å²) in [6, 6.07) is 98.3. The first-order chi connectivity index (χ1) is 38.7. The zero-order chi connectivity index (χ0) is 51.0. The summed E-state index contributed by atoms with van der Waals surface area (Å²) in [4.78, 5) is 11.0. The van der Waals surface area contributed by atoms with Crippen LogP contribution in [-0.4, -0.2) is 19.1 Å². The van der Waals surface area contributed by atoms with Crippen LogP contribution in [0.5, 0.6) is 0 Å². The summed E-state index contributed by atoms with van der Waals surface area (Å²) in [6.07, 6.45) is 0. The molecule has 12 aromatic carbocycles. The van der Waals surface area contributed by atoms with Crippen LogP contribution < -0.4 is 0 Å². The Kier molecular flexibility index (Phi) is 9.21. The molecule has 0 N–H and O–H groups in total. The van der Waals surface area contributed by atoms with Crippen LogP contribution in [0.3, 0.4) is 0 Å². The molecule has 0 unspecified atom stereocenters. The Bertz CT molecular complexity index is 4940. The van der Waals surface area contributed by atoms with Crippen LogP contribution in [0.1, 0.15) is 45.2 Å². The minimum atomic E-state index is 0.0594. The normalized spacial score (nSPS) is 14.4. The molecule has 4 heteroatoms. The minimum absolute atomic E-state index is 0.0594. The SMILES string of the molecule is c1ccc(-c2cccc(-n3c4ccccc4c4cc(-c5ccc(-c6ccc7c(c6)c6ccccc6n7-c6nc(-c7ccccc7)c7ccc8ccccc8c7n6)c6c5C5c7ccccc7C6c6ccccc65)ccc43)c2)cc1. The summed E-state index contributed by atoms with van der Waals surface area (Å²) in [5, 5.41) is 8.13. The fraction of sp³-hybridized carbons (Fsp3) is 0.0270. The zero-order valence-electron chi connectivity index (χ0n) is 42.3. The van der Waals surface area contributed by atoms with Crippen LogP contribution in [0.25, 0.3) is 122 Å². The smallest absolute Gasteiger partial charge is 0.235 e. The Labute approximate surface area is 450 Å². The number of fused-ring (bicyclic) bond motifs is 9. The van der Waals surface area contributed by atoms with Crippen molar-refractivity contribution in [2.24, 2.45) is 0 Å². The van der Waals surface area contributed by atoms with Gasteiger partial charge >= 0.3 is 0 Å². The molecule has 0 fully saturated rings. The van der Waals surface area contributed by atoms with Crippen molar-refractivity contribution in [3.63, 3.8) is 0 Å². The first kappa shape index (κ1) is 43.1. The summed E-state index contributed by atoms with van der Waals surface area (Å²) in [6.45, 7) is 0. The molecule has 0 aliphatic heterocycles. The van der Waals surface area contributed by atoms with Gasteiger partial charge in [-0.3, -0.25) is 4.57 Å². The van der Waals surface area contributed by atoms with Crippen molar-refractivity contribution < 1.29 is 0 Å². The molecular formula is C74H46N4. The summed E-state index contributed by atoms with van der Waals surface area (Å²) in [7, 11) is 0. The predicted molar refractivity (Wildman–Crippen MR) is 322 cm³/mol. The minimum Gasteiger partial charge on any atom is -0.309 e. The number of aromatic nitrogens is 4. The molecule has 0 atom stereocenters. The highest BCUT2D eigenvalue weighted by molar-refractivity contribution is 6.13. The van der Waals surface area contributed by atoms with E-state index < -0.39 is 0 Å². The number of para-hydroxylation sites is 2. The molecule has 0 spiro atoms. The molecule has 0 radical (unpaired) electrons. The van der Waals surface area contributed by atoms with E-state index in [0.717, 1.165) is 49.7 Å². The maximum atomic E-state index is 5.50. The molecule has 78 heavy (non-hydrogen) atoms. The number of hydrogen-bond donors (Lipinski definition) is 0. The Hall–Kier alpha value is -10.2. The van der Waals surface area contributed by atoms with Gasteiger partial charge in [0.15, 0.2) is 0 Å². The van der Waals surface area contributed by atoms with Crippen LogP contribution in [0.15, 0.2) is 267 Å². The van der Waals surface area contributed by atoms with Crippen molar-refractivity contribution in [1.29, 1.82) is 0 Å². The van der Waals surface area contributed by atoms with Gasteiger partial charge in [-0.05, 0) is 127 Å². The fourth-order valence-electron chi connectivity index (χ4n) is 13.8. The summed E-state index contributed by atoms with van der Waals surface area (Å²) < 4.78 is 4.72. The average Bonchev–Trinajstić information content (AvgIpc) is 4.11. The van der Waals surface area contributed by atoms with Gasteiger partial charge in [-0.25, -0.2) is 9.97 Å². The van der Waals surface area contributed by atoms with Crippen molar-refractivity contribution in [3.8, 4) is 56.3 Å². The fourth-order valence-corrected chi connectivity index (χ4v) is 13.8. The second-order valence-corrected chi connectivity index (χ2v) is 21.1. The lowest BCUT2D eigenvalue weighted by molar-refractivity contribution is 0.758. The van der Waals surface area contributed by atoms with Crippen LogP contribution in [0, 0.1) is 0 Å². The van der Waals surface area contributed by atoms with Crippen molar-refractivity contribution >= 4 is 65.3 Å². The highest BCUT2D eigenvalue weighted by atomic mass is 15.2. The number of nitrogens with zero attached hydrogens (tertiary/aromatic N) is 4. The number of rotatable bonds is 6. The van der Waals surface area contributed by atoms with E-state index >= 15 is 0 Å².